The topological polar surface area (TPSA) is 110 Å². The summed E-state index contributed by atoms with van der Waals surface area (Å²) in [6, 6.07) is 19.1. The minimum absolute atomic E-state index is 0.0429. The van der Waals surface area contributed by atoms with Crippen LogP contribution in [0.5, 0.6) is 0 Å². The van der Waals surface area contributed by atoms with E-state index in [2.05, 4.69) is 68.0 Å². The molecule has 0 saturated carbocycles. The van der Waals surface area contributed by atoms with Gasteiger partial charge in [0.05, 0.1) is 38.4 Å². The molecule has 2 atom stereocenters. The molecular formula is C35H50N3O6PS2. The Bertz CT molecular complexity index is 1240. The second-order valence-electron chi connectivity index (χ2n) is 11.7. The van der Waals surface area contributed by atoms with E-state index in [9.17, 15) is 9.59 Å². The number of nitriles is 1. The maximum Gasteiger partial charge on any atom is 0.407 e. The molecule has 1 N–H and O–H groups in total. The van der Waals surface area contributed by atoms with E-state index in [1.807, 2.05) is 31.2 Å². The number of nitrogens with one attached hydrogen (secondary N) is 1. The monoisotopic (exact) mass is 703 g/mol. The SMILES string of the molecule is CCC(COCCC(=O)CCSSCCNC(=O)OCC1c2ccccc2-c2ccccc21)OP(OCCC#N)N(C(C)C)C(C)C. The zero-order chi connectivity index (χ0) is 34.0. The van der Waals surface area contributed by atoms with Crippen LogP contribution in [0.15, 0.2) is 48.5 Å². The summed E-state index contributed by atoms with van der Waals surface area (Å²) in [5.41, 5.74) is 4.79. The smallest absolute Gasteiger partial charge is 0.407 e. The lowest BCUT2D eigenvalue weighted by Crippen LogP contribution is -2.35. The molecular weight excluding hydrogens is 654 g/mol. The van der Waals surface area contributed by atoms with Crippen molar-refractivity contribution in [2.75, 3.05) is 44.5 Å². The number of nitrogens with zero attached hydrogens (tertiary/aromatic N) is 2. The fraction of sp³-hybridized carbons (Fsp3) is 0.571. The predicted molar refractivity (Wildman–Crippen MR) is 193 cm³/mol. The summed E-state index contributed by atoms with van der Waals surface area (Å²) >= 11 is 0. The maximum absolute atomic E-state index is 12.4. The molecule has 258 valence electrons. The van der Waals surface area contributed by atoms with Gasteiger partial charge in [-0.1, -0.05) is 77.0 Å². The first-order chi connectivity index (χ1) is 22.8. The number of ketones is 1. The number of ether oxygens (including phenoxy) is 2. The lowest BCUT2D eigenvalue weighted by atomic mass is 9.98. The number of amides is 1. The molecule has 2 aromatic rings. The third kappa shape index (κ3) is 13.0. The van der Waals surface area contributed by atoms with Gasteiger partial charge < -0.3 is 23.8 Å². The molecule has 0 radical (unpaired) electrons. The Morgan fingerprint density at radius 3 is 2.21 bits per heavy atom. The van der Waals surface area contributed by atoms with Crippen LogP contribution in [0, 0.1) is 11.3 Å². The maximum atomic E-state index is 12.4. The van der Waals surface area contributed by atoms with Crippen LogP contribution in [0.1, 0.15) is 77.3 Å². The third-order valence-electron chi connectivity index (χ3n) is 7.53. The van der Waals surface area contributed by atoms with Crippen molar-refractivity contribution in [3.63, 3.8) is 0 Å². The zero-order valence-corrected chi connectivity index (χ0v) is 30.8. The van der Waals surface area contributed by atoms with Gasteiger partial charge in [0.25, 0.3) is 8.53 Å². The highest BCUT2D eigenvalue weighted by molar-refractivity contribution is 8.76. The quantitative estimate of drug-likeness (QED) is 0.0689. The van der Waals surface area contributed by atoms with Gasteiger partial charge in [-0.15, -0.1) is 0 Å². The average Bonchev–Trinajstić information content (AvgIpc) is 3.37. The van der Waals surface area contributed by atoms with Crippen molar-refractivity contribution < 1.29 is 28.1 Å². The van der Waals surface area contributed by atoms with Gasteiger partial charge >= 0.3 is 6.09 Å². The third-order valence-corrected chi connectivity index (χ3v) is 12.1. The van der Waals surface area contributed by atoms with Crippen LogP contribution in [-0.4, -0.2) is 79.2 Å². The molecule has 1 amide bonds. The molecule has 1 aliphatic rings. The molecule has 0 bridgehead atoms. The standard InChI is InChI=1S/C35H50N3O6PS2/c1-6-29(44-45(43-20-11-18-36)38(26(2)3)27(4)5)24-41-21-16-28(39)17-22-46-47-23-19-37-35(40)42-25-34-32-14-9-7-12-30(32)31-13-8-10-15-33(31)34/h7-10,12-15,26-27,29,34H,6,11,16-17,19-25H2,1-5H3,(H,37,40). The van der Waals surface area contributed by atoms with Crippen molar-refractivity contribution in [1.29, 1.82) is 5.26 Å². The minimum atomic E-state index is -1.33. The van der Waals surface area contributed by atoms with Crippen LogP contribution in [0.2, 0.25) is 0 Å². The second kappa shape index (κ2) is 21.7. The van der Waals surface area contributed by atoms with E-state index >= 15 is 0 Å². The molecule has 2 aromatic carbocycles. The van der Waals surface area contributed by atoms with Crippen molar-refractivity contribution >= 4 is 42.0 Å². The molecule has 1 aliphatic carbocycles. The molecule has 12 heteroatoms. The molecule has 0 fully saturated rings. The summed E-state index contributed by atoms with van der Waals surface area (Å²) in [5.74, 6) is 1.64. The van der Waals surface area contributed by atoms with Crippen LogP contribution >= 0.6 is 30.1 Å². The van der Waals surface area contributed by atoms with Crippen LogP contribution in [0.25, 0.3) is 11.1 Å². The molecule has 3 rings (SSSR count). The van der Waals surface area contributed by atoms with Gasteiger partial charge in [0.15, 0.2) is 0 Å². The summed E-state index contributed by atoms with van der Waals surface area (Å²) in [6.45, 7) is 12.3. The number of benzene rings is 2. The number of fused-ring (bicyclic) bond motifs is 3. The van der Waals surface area contributed by atoms with Gasteiger partial charge in [0, 0.05) is 48.9 Å². The number of carbonyl (C=O) groups excluding carboxylic acids is 2. The van der Waals surface area contributed by atoms with Gasteiger partial charge in [-0.3, -0.25) is 4.79 Å². The van der Waals surface area contributed by atoms with Crippen LogP contribution in [0.4, 0.5) is 4.79 Å². The van der Waals surface area contributed by atoms with E-state index in [0.29, 0.717) is 58.0 Å². The highest BCUT2D eigenvalue weighted by atomic mass is 33.1. The number of alkyl carbamates (subject to hydrolysis) is 1. The van der Waals surface area contributed by atoms with Crippen molar-refractivity contribution in [2.45, 2.75) is 84.4 Å². The number of hydrogen-bond donors (Lipinski definition) is 1. The fourth-order valence-electron chi connectivity index (χ4n) is 5.29. The Balaban J connectivity index is 1.24. The molecule has 0 aromatic heterocycles. The summed E-state index contributed by atoms with van der Waals surface area (Å²) in [5, 5.41) is 11.7. The van der Waals surface area contributed by atoms with Gasteiger partial charge in [0.2, 0.25) is 0 Å². The average molecular weight is 704 g/mol. The molecule has 47 heavy (non-hydrogen) atoms. The fourth-order valence-corrected chi connectivity index (χ4v) is 9.00. The van der Waals surface area contributed by atoms with E-state index in [0.717, 1.165) is 12.2 Å². The first-order valence-electron chi connectivity index (χ1n) is 16.4. The van der Waals surface area contributed by atoms with Gasteiger partial charge in [-0.25, -0.2) is 9.46 Å². The summed E-state index contributed by atoms with van der Waals surface area (Å²) in [7, 11) is 1.93. The Kier molecular flexibility index (Phi) is 18.2. The number of carbonyl (C=O) groups is 2. The lowest BCUT2D eigenvalue weighted by molar-refractivity contribution is -0.120. The van der Waals surface area contributed by atoms with E-state index in [-0.39, 0.29) is 29.9 Å². The van der Waals surface area contributed by atoms with Crippen LogP contribution in [-0.2, 0) is 23.3 Å². The van der Waals surface area contributed by atoms with Crippen LogP contribution in [0.3, 0.4) is 0 Å². The Labute approximate surface area is 290 Å². The Hall–Kier alpha value is -2.16. The number of Topliss-reactive ketones (excluding diaryl/α,β-unsaturated/α-hetero) is 1. The predicted octanol–water partition coefficient (Wildman–Crippen LogP) is 8.34. The minimum Gasteiger partial charge on any atom is -0.449 e. The van der Waals surface area contributed by atoms with Gasteiger partial charge in [-0.2, -0.15) is 5.26 Å². The Morgan fingerprint density at radius 2 is 1.60 bits per heavy atom. The van der Waals surface area contributed by atoms with E-state index in [1.54, 1.807) is 21.6 Å². The van der Waals surface area contributed by atoms with Crippen molar-refractivity contribution in [1.82, 2.24) is 9.99 Å². The number of rotatable bonds is 23. The van der Waals surface area contributed by atoms with Crippen molar-refractivity contribution in [3.8, 4) is 17.2 Å². The zero-order valence-electron chi connectivity index (χ0n) is 28.3. The first-order valence-corrected chi connectivity index (χ1v) is 20.1. The normalized spacial score (nSPS) is 13.8. The highest BCUT2D eigenvalue weighted by Crippen LogP contribution is 2.47. The Morgan fingerprint density at radius 1 is 0.957 bits per heavy atom. The molecule has 9 nitrogen and oxygen atoms in total. The molecule has 0 saturated heterocycles. The lowest BCUT2D eigenvalue weighted by Gasteiger charge is -2.37. The molecule has 2 unspecified atom stereocenters. The van der Waals surface area contributed by atoms with Crippen LogP contribution < -0.4 is 5.32 Å². The molecule has 0 aliphatic heterocycles. The largest absolute Gasteiger partial charge is 0.449 e. The summed E-state index contributed by atoms with van der Waals surface area (Å²) < 4.78 is 25.9. The first kappa shape index (κ1) is 39.3. The van der Waals surface area contributed by atoms with E-state index in [4.69, 9.17) is 23.8 Å². The molecule has 0 heterocycles. The van der Waals surface area contributed by atoms with Crippen molar-refractivity contribution in [3.05, 3.63) is 59.7 Å². The summed E-state index contributed by atoms with van der Waals surface area (Å²) in [4.78, 5) is 24.7. The molecule has 0 spiro atoms. The number of hydrogen-bond acceptors (Lipinski definition) is 10. The van der Waals surface area contributed by atoms with E-state index < -0.39 is 14.6 Å². The second-order valence-corrected chi connectivity index (χ2v) is 15.8. The highest BCUT2D eigenvalue weighted by Gasteiger charge is 2.30. The van der Waals surface area contributed by atoms with Crippen molar-refractivity contribution in [2.24, 2.45) is 0 Å². The van der Waals surface area contributed by atoms with E-state index in [1.165, 1.54) is 22.3 Å². The van der Waals surface area contributed by atoms with Gasteiger partial charge in [-0.05, 0) is 56.4 Å². The summed E-state index contributed by atoms with van der Waals surface area (Å²) in [6.07, 6.45) is 1.34. The van der Waals surface area contributed by atoms with Gasteiger partial charge in [0.1, 0.15) is 12.4 Å².